The van der Waals surface area contributed by atoms with Gasteiger partial charge >= 0.3 is 5.76 Å². The van der Waals surface area contributed by atoms with E-state index in [0.29, 0.717) is 23.2 Å². The van der Waals surface area contributed by atoms with Gasteiger partial charge in [0.2, 0.25) is 5.91 Å². The number of amides is 1. The highest BCUT2D eigenvalue weighted by molar-refractivity contribution is 5.94. The maximum Gasteiger partial charge on any atom is 0.417 e. The largest absolute Gasteiger partial charge is 0.417 e. The van der Waals surface area contributed by atoms with E-state index in [0.717, 1.165) is 5.56 Å². The van der Waals surface area contributed by atoms with E-state index in [4.69, 9.17) is 4.42 Å². The molecule has 0 bridgehead atoms. The van der Waals surface area contributed by atoms with Crippen molar-refractivity contribution in [1.82, 2.24) is 4.98 Å². The number of rotatable bonds is 4. The molecule has 118 valence electrons. The van der Waals surface area contributed by atoms with Crippen LogP contribution in [0.5, 0.6) is 0 Å². The van der Waals surface area contributed by atoms with Gasteiger partial charge in [0.25, 0.3) is 0 Å². The first kappa shape index (κ1) is 15.0. The predicted octanol–water partition coefficient (Wildman–Crippen LogP) is 3.08. The number of halogens is 1. The van der Waals surface area contributed by atoms with Crippen molar-refractivity contribution in [2.24, 2.45) is 5.92 Å². The maximum atomic E-state index is 12.9. The van der Waals surface area contributed by atoms with E-state index in [-0.39, 0.29) is 17.6 Å². The van der Waals surface area contributed by atoms with Crippen molar-refractivity contribution in [1.29, 1.82) is 0 Å². The van der Waals surface area contributed by atoms with Gasteiger partial charge in [-0.1, -0.05) is 19.1 Å². The molecule has 3 aromatic rings. The molecule has 1 amide bonds. The highest BCUT2D eigenvalue weighted by Crippen LogP contribution is 2.18. The lowest BCUT2D eigenvalue weighted by Crippen LogP contribution is -2.22. The van der Waals surface area contributed by atoms with Crippen LogP contribution in [0, 0.1) is 11.7 Å². The Balaban J connectivity index is 1.69. The molecule has 0 aliphatic carbocycles. The van der Waals surface area contributed by atoms with Gasteiger partial charge in [0.1, 0.15) is 5.82 Å². The lowest BCUT2D eigenvalue weighted by Gasteiger charge is -2.12. The van der Waals surface area contributed by atoms with Gasteiger partial charge in [-0.2, -0.15) is 0 Å². The quantitative estimate of drug-likeness (QED) is 0.777. The molecule has 0 fully saturated rings. The highest BCUT2D eigenvalue weighted by Gasteiger charge is 2.14. The Morgan fingerprint density at radius 3 is 2.74 bits per heavy atom. The summed E-state index contributed by atoms with van der Waals surface area (Å²) in [6.45, 7) is 1.80. The molecular weight excluding hydrogens is 299 g/mol. The summed E-state index contributed by atoms with van der Waals surface area (Å²) in [5.41, 5.74) is 2.41. The number of fused-ring (bicyclic) bond motifs is 1. The van der Waals surface area contributed by atoms with E-state index >= 15 is 0 Å². The minimum absolute atomic E-state index is 0.161. The fourth-order valence-corrected chi connectivity index (χ4v) is 2.36. The molecule has 0 aliphatic rings. The minimum atomic E-state index is -0.534. The van der Waals surface area contributed by atoms with Crippen LogP contribution in [-0.4, -0.2) is 10.9 Å². The summed E-state index contributed by atoms with van der Waals surface area (Å²) in [6, 6.07) is 11.0. The number of carbonyl (C=O) groups is 1. The maximum absolute atomic E-state index is 12.9. The number of oxazole rings is 1. The third kappa shape index (κ3) is 3.48. The average Bonchev–Trinajstić information content (AvgIpc) is 2.88. The molecule has 1 atom stereocenters. The summed E-state index contributed by atoms with van der Waals surface area (Å²) in [6.07, 6.45) is 0.508. The van der Waals surface area contributed by atoms with Crippen LogP contribution in [-0.2, 0) is 11.2 Å². The van der Waals surface area contributed by atoms with Crippen LogP contribution in [0.1, 0.15) is 12.5 Å². The van der Waals surface area contributed by atoms with E-state index in [1.165, 1.54) is 12.1 Å². The van der Waals surface area contributed by atoms with Gasteiger partial charge in [-0.15, -0.1) is 0 Å². The van der Waals surface area contributed by atoms with E-state index in [1.54, 1.807) is 37.3 Å². The Hall–Kier alpha value is -2.89. The van der Waals surface area contributed by atoms with E-state index in [1.807, 2.05) is 0 Å². The molecule has 0 saturated heterocycles. The molecule has 0 aliphatic heterocycles. The first-order valence-electron chi connectivity index (χ1n) is 7.19. The third-order valence-corrected chi connectivity index (χ3v) is 3.59. The van der Waals surface area contributed by atoms with Crippen LogP contribution >= 0.6 is 0 Å². The lowest BCUT2D eigenvalue weighted by molar-refractivity contribution is -0.119. The van der Waals surface area contributed by atoms with Crippen molar-refractivity contribution in [3.05, 3.63) is 64.4 Å². The number of nitrogens with one attached hydrogen (secondary N) is 2. The standard InChI is InChI=1S/C17H15FN2O3/c1-10(8-11-2-4-12(18)5-3-11)16(21)19-13-6-7-14-15(9-13)23-17(22)20-14/h2-7,9-10H,8H2,1H3,(H,19,21)(H,20,22). The molecule has 0 radical (unpaired) electrons. The molecule has 1 unspecified atom stereocenters. The Morgan fingerprint density at radius 2 is 2.00 bits per heavy atom. The first-order valence-corrected chi connectivity index (χ1v) is 7.19. The van der Waals surface area contributed by atoms with Crippen LogP contribution in [0.3, 0.4) is 0 Å². The zero-order valence-corrected chi connectivity index (χ0v) is 12.4. The summed E-state index contributed by atoms with van der Waals surface area (Å²) < 4.78 is 17.8. The number of benzene rings is 2. The van der Waals surface area contributed by atoms with Crippen LogP contribution in [0.2, 0.25) is 0 Å². The van der Waals surface area contributed by atoms with Gasteiger partial charge in [-0.05, 0) is 36.2 Å². The SMILES string of the molecule is CC(Cc1ccc(F)cc1)C(=O)Nc1ccc2[nH]c(=O)oc2c1. The topological polar surface area (TPSA) is 75.1 Å². The average molecular weight is 314 g/mol. The van der Waals surface area contributed by atoms with Crippen LogP contribution in [0.15, 0.2) is 51.7 Å². The number of hydrogen-bond donors (Lipinski definition) is 2. The Labute approximate surface area is 131 Å². The Bertz CT molecular complexity index is 896. The van der Waals surface area contributed by atoms with E-state index < -0.39 is 5.76 Å². The fraction of sp³-hybridized carbons (Fsp3) is 0.176. The lowest BCUT2D eigenvalue weighted by atomic mass is 10.0. The van der Waals surface area contributed by atoms with Gasteiger partial charge in [-0.25, -0.2) is 9.18 Å². The molecule has 23 heavy (non-hydrogen) atoms. The second-order valence-electron chi connectivity index (χ2n) is 5.45. The highest BCUT2D eigenvalue weighted by atomic mass is 19.1. The Kier molecular flexibility index (Phi) is 3.97. The molecule has 0 saturated carbocycles. The van der Waals surface area contributed by atoms with Crippen LogP contribution in [0.25, 0.3) is 11.1 Å². The first-order chi connectivity index (χ1) is 11.0. The molecule has 1 heterocycles. The molecule has 2 N–H and O–H groups in total. The number of aromatic nitrogens is 1. The number of carbonyl (C=O) groups excluding carboxylic acids is 1. The normalized spacial score (nSPS) is 12.3. The minimum Gasteiger partial charge on any atom is -0.408 e. The van der Waals surface area contributed by atoms with Gasteiger partial charge in [0.05, 0.1) is 5.52 Å². The van der Waals surface area contributed by atoms with Crippen molar-refractivity contribution in [3.8, 4) is 0 Å². The summed E-state index contributed by atoms with van der Waals surface area (Å²) in [4.78, 5) is 25.9. The molecule has 0 spiro atoms. The van der Waals surface area contributed by atoms with Crippen LogP contribution < -0.4 is 11.1 Å². The molecule has 2 aromatic carbocycles. The smallest absolute Gasteiger partial charge is 0.408 e. The van der Waals surface area contributed by atoms with Crippen molar-refractivity contribution in [3.63, 3.8) is 0 Å². The second-order valence-corrected chi connectivity index (χ2v) is 5.45. The number of H-pyrrole nitrogens is 1. The molecule has 5 nitrogen and oxygen atoms in total. The number of hydrogen-bond acceptors (Lipinski definition) is 3. The van der Waals surface area contributed by atoms with E-state index in [9.17, 15) is 14.0 Å². The summed E-state index contributed by atoms with van der Waals surface area (Å²) in [5, 5.41) is 2.79. The molecule has 1 aromatic heterocycles. The summed E-state index contributed by atoms with van der Waals surface area (Å²) in [5.74, 6) is -1.28. The predicted molar refractivity (Wildman–Crippen MR) is 84.7 cm³/mol. The molecule has 3 rings (SSSR count). The fourth-order valence-electron chi connectivity index (χ4n) is 2.36. The third-order valence-electron chi connectivity index (χ3n) is 3.59. The summed E-state index contributed by atoms with van der Waals surface area (Å²) in [7, 11) is 0. The van der Waals surface area contributed by atoms with Crippen molar-refractivity contribution in [2.45, 2.75) is 13.3 Å². The summed E-state index contributed by atoms with van der Waals surface area (Å²) >= 11 is 0. The zero-order chi connectivity index (χ0) is 16.4. The van der Waals surface area contributed by atoms with Gasteiger partial charge in [-0.3, -0.25) is 9.78 Å². The zero-order valence-electron chi connectivity index (χ0n) is 12.4. The second kappa shape index (κ2) is 6.08. The van der Waals surface area contributed by atoms with Crippen molar-refractivity contribution in [2.75, 3.05) is 5.32 Å². The Morgan fingerprint density at radius 1 is 1.26 bits per heavy atom. The monoisotopic (exact) mass is 314 g/mol. The van der Waals surface area contributed by atoms with E-state index in [2.05, 4.69) is 10.3 Å². The number of anilines is 1. The van der Waals surface area contributed by atoms with Gasteiger partial charge in [0.15, 0.2) is 5.58 Å². The number of aromatic amines is 1. The van der Waals surface area contributed by atoms with Crippen molar-refractivity contribution < 1.29 is 13.6 Å². The van der Waals surface area contributed by atoms with Crippen LogP contribution in [0.4, 0.5) is 10.1 Å². The molecular formula is C17H15FN2O3. The van der Waals surface area contributed by atoms with Gasteiger partial charge in [0, 0.05) is 17.7 Å². The van der Waals surface area contributed by atoms with Gasteiger partial charge < -0.3 is 9.73 Å². The molecule has 6 heteroatoms. The van der Waals surface area contributed by atoms with Crippen molar-refractivity contribution >= 4 is 22.7 Å².